The van der Waals surface area contributed by atoms with Gasteiger partial charge in [-0.05, 0) is 101 Å². The molecular weight excluding hydrogens is 569 g/mol. The molecule has 0 aliphatic heterocycles. The molecule has 0 unspecified atom stereocenters. The van der Waals surface area contributed by atoms with Gasteiger partial charge in [0.2, 0.25) is 0 Å². The van der Waals surface area contributed by atoms with Crippen LogP contribution in [0.5, 0.6) is 0 Å². The molecule has 47 heavy (non-hydrogen) atoms. The van der Waals surface area contributed by atoms with Crippen LogP contribution in [0.15, 0.2) is 174 Å². The highest BCUT2D eigenvalue weighted by Gasteiger charge is 2.18. The van der Waals surface area contributed by atoms with E-state index in [0.29, 0.717) is 0 Å². The van der Waals surface area contributed by atoms with E-state index in [0.717, 1.165) is 21.9 Å². The number of benzene rings is 9. The number of rotatable bonds is 3. The summed E-state index contributed by atoms with van der Waals surface area (Å²) in [6.07, 6.45) is 0. The van der Waals surface area contributed by atoms with Gasteiger partial charge in [0.15, 0.2) is 0 Å². The van der Waals surface area contributed by atoms with Crippen molar-refractivity contribution < 1.29 is 4.42 Å². The van der Waals surface area contributed by atoms with Crippen molar-refractivity contribution in [1.29, 1.82) is 0 Å². The first kappa shape index (κ1) is 26.1. The molecule has 0 aliphatic carbocycles. The first-order valence-corrected chi connectivity index (χ1v) is 16.2. The van der Waals surface area contributed by atoms with Gasteiger partial charge in [-0.1, -0.05) is 146 Å². The van der Waals surface area contributed by atoms with Gasteiger partial charge in [0.1, 0.15) is 11.2 Å². The lowest BCUT2D eigenvalue weighted by atomic mass is 9.84. The summed E-state index contributed by atoms with van der Waals surface area (Å²) >= 11 is 0. The molecule has 1 aromatic heterocycles. The molecule has 1 heterocycles. The summed E-state index contributed by atoms with van der Waals surface area (Å²) in [6, 6.07) is 61.6. The fraction of sp³-hybridized carbons (Fsp3) is 0. The van der Waals surface area contributed by atoms with E-state index in [9.17, 15) is 0 Å². The monoisotopic (exact) mass is 596 g/mol. The van der Waals surface area contributed by atoms with Crippen LogP contribution < -0.4 is 0 Å². The molecule has 0 radical (unpaired) electrons. The van der Waals surface area contributed by atoms with Crippen LogP contribution in [0.4, 0.5) is 0 Å². The van der Waals surface area contributed by atoms with Gasteiger partial charge in [0.25, 0.3) is 0 Å². The van der Waals surface area contributed by atoms with Crippen molar-refractivity contribution in [3.05, 3.63) is 170 Å². The molecule has 0 spiro atoms. The molecule has 0 bridgehead atoms. The summed E-state index contributed by atoms with van der Waals surface area (Å²) in [6.45, 7) is 0. The third kappa shape index (κ3) is 3.97. The van der Waals surface area contributed by atoms with E-state index in [1.54, 1.807) is 0 Å². The Morgan fingerprint density at radius 2 is 0.830 bits per heavy atom. The molecule has 0 aliphatic rings. The van der Waals surface area contributed by atoms with Gasteiger partial charge in [-0.15, -0.1) is 0 Å². The molecule has 0 N–H and O–H groups in total. The van der Waals surface area contributed by atoms with Crippen molar-refractivity contribution in [3.63, 3.8) is 0 Å². The zero-order valence-corrected chi connectivity index (χ0v) is 25.6. The largest absolute Gasteiger partial charge is 0.456 e. The lowest BCUT2D eigenvalue weighted by Gasteiger charge is -2.19. The predicted molar refractivity (Wildman–Crippen MR) is 200 cm³/mol. The minimum Gasteiger partial charge on any atom is -0.456 e. The van der Waals surface area contributed by atoms with E-state index >= 15 is 0 Å². The minimum absolute atomic E-state index is 0.920. The van der Waals surface area contributed by atoms with Crippen molar-refractivity contribution in [2.75, 3.05) is 0 Å². The highest BCUT2D eigenvalue weighted by molar-refractivity contribution is 6.23. The molecule has 0 saturated heterocycles. The SMILES string of the molecule is c1cc(-c2cccc3cc4c(cc23)oc2ccccc24)cc(-c2c3ccccc3c(-c3cccc4ccccc34)c3ccccc23)c1. The zero-order chi connectivity index (χ0) is 30.9. The first-order chi connectivity index (χ1) is 23.3. The van der Waals surface area contributed by atoms with Crippen LogP contribution in [-0.2, 0) is 0 Å². The second-order valence-corrected chi connectivity index (χ2v) is 12.4. The van der Waals surface area contributed by atoms with Gasteiger partial charge >= 0.3 is 0 Å². The first-order valence-electron chi connectivity index (χ1n) is 16.2. The number of fused-ring (bicyclic) bond motifs is 7. The van der Waals surface area contributed by atoms with Crippen LogP contribution in [0.25, 0.3) is 98.4 Å². The Kier molecular flexibility index (Phi) is 5.64. The van der Waals surface area contributed by atoms with Crippen LogP contribution >= 0.6 is 0 Å². The lowest BCUT2D eigenvalue weighted by Crippen LogP contribution is -1.92. The third-order valence-corrected chi connectivity index (χ3v) is 9.83. The quantitative estimate of drug-likeness (QED) is 0.185. The van der Waals surface area contributed by atoms with E-state index in [1.165, 1.54) is 76.5 Å². The smallest absolute Gasteiger partial charge is 0.136 e. The van der Waals surface area contributed by atoms with Crippen LogP contribution in [0.3, 0.4) is 0 Å². The van der Waals surface area contributed by atoms with Crippen molar-refractivity contribution in [1.82, 2.24) is 0 Å². The summed E-state index contributed by atoms with van der Waals surface area (Å²) in [7, 11) is 0. The zero-order valence-electron chi connectivity index (χ0n) is 25.6. The lowest BCUT2D eigenvalue weighted by molar-refractivity contribution is 0.669. The molecular formula is C46H28O. The predicted octanol–water partition coefficient (Wildman–Crippen LogP) is 13.2. The summed E-state index contributed by atoms with van der Waals surface area (Å²) in [5.41, 5.74) is 9.27. The van der Waals surface area contributed by atoms with Gasteiger partial charge in [-0.25, -0.2) is 0 Å². The molecule has 1 heteroatoms. The summed E-state index contributed by atoms with van der Waals surface area (Å²) in [4.78, 5) is 0. The van der Waals surface area contributed by atoms with Crippen LogP contribution in [0, 0.1) is 0 Å². The normalized spacial score (nSPS) is 11.8. The fourth-order valence-corrected chi connectivity index (χ4v) is 7.76. The topological polar surface area (TPSA) is 13.1 Å². The van der Waals surface area contributed by atoms with E-state index in [2.05, 4.69) is 158 Å². The molecule has 218 valence electrons. The maximum absolute atomic E-state index is 6.32. The average molecular weight is 597 g/mol. The fourth-order valence-electron chi connectivity index (χ4n) is 7.76. The summed E-state index contributed by atoms with van der Waals surface area (Å²) in [5.74, 6) is 0. The molecule has 0 fully saturated rings. The van der Waals surface area contributed by atoms with Crippen molar-refractivity contribution in [3.8, 4) is 33.4 Å². The Balaban J connectivity index is 1.23. The average Bonchev–Trinajstić information content (AvgIpc) is 3.50. The standard InChI is InChI=1S/C46H28O/c1-2-17-33-29(12-1)13-10-24-36(33)46-39-21-5-3-19-37(39)45(38-20-4-6-22-40(38)46)32-16-9-14-30(26-32)34-23-11-15-31-27-42-35-18-7-8-25-43(35)47-44(42)28-41(31)34/h1-28H. The highest BCUT2D eigenvalue weighted by Crippen LogP contribution is 2.46. The molecule has 0 saturated carbocycles. The van der Waals surface area contributed by atoms with Gasteiger partial charge in [0.05, 0.1) is 0 Å². The summed E-state index contributed by atoms with van der Waals surface area (Å²) in [5, 5.41) is 12.3. The Hall–Kier alpha value is -6.18. The Morgan fingerprint density at radius 1 is 0.277 bits per heavy atom. The van der Waals surface area contributed by atoms with E-state index in [4.69, 9.17) is 4.42 Å². The molecule has 1 nitrogen and oxygen atoms in total. The summed E-state index contributed by atoms with van der Waals surface area (Å²) < 4.78 is 6.32. The van der Waals surface area contributed by atoms with Crippen molar-refractivity contribution in [2.24, 2.45) is 0 Å². The molecule has 10 aromatic rings. The molecule has 0 atom stereocenters. The van der Waals surface area contributed by atoms with Gasteiger partial charge < -0.3 is 4.42 Å². The van der Waals surface area contributed by atoms with Crippen LogP contribution in [-0.4, -0.2) is 0 Å². The second kappa shape index (κ2) is 10.2. The maximum atomic E-state index is 6.32. The third-order valence-electron chi connectivity index (χ3n) is 9.83. The van der Waals surface area contributed by atoms with Gasteiger partial charge in [-0.2, -0.15) is 0 Å². The van der Waals surface area contributed by atoms with Crippen LogP contribution in [0.1, 0.15) is 0 Å². The van der Waals surface area contributed by atoms with Crippen molar-refractivity contribution in [2.45, 2.75) is 0 Å². The number of hydrogen-bond acceptors (Lipinski definition) is 1. The second-order valence-electron chi connectivity index (χ2n) is 12.4. The van der Waals surface area contributed by atoms with E-state index in [1.807, 2.05) is 12.1 Å². The van der Waals surface area contributed by atoms with Crippen molar-refractivity contribution >= 4 is 65.0 Å². The van der Waals surface area contributed by atoms with Crippen LogP contribution in [0.2, 0.25) is 0 Å². The number of furan rings is 1. The highest BCUT2D eigenvalue weighted by atomic mass is 16.3. The maximum Gasteiger partial charge on any atom is 0.136 e. The molecule has 10 rings (SSSR count). The Labute approximate surface area is 271 Å². The minimum atomic E-state index is 0.920. The Bertz CT molecular complexity index is 2790. The van der Waals surface area contributed by atoms with E-state index in [-0.39, 0.29) is 0 Å². The molecule has 9 aromatic carbocycles. The number of para-hydroxylation sites is 1. The Morgan fingerprint density at radius 3 is 1.60 bits per heavy atom. The van der Waals surface area contributed by atoms with Gasteiger partial charge in [-0.3, -0.25) is 0 Å². The molecule has 0 amide bonds. The number of hydrogen-bond donors (Lipinski definition) is 0. The van der Waals surface area contributed by atoms with E-state index < -0.39 is 0 Å². The van der Waals surface area contributed by atoms with Gasteiger partial charge in [0, 0.05) is 10.8 Å².